The summed E-state index contributed by atoms with van der Waals surface area (Å²) in [5, 5.41) is 8.90. The van der Waals surface area contributed by atoms with Crippen LogP contribution in [0.4, 0.5) is 9.18 Å². The number of carbonyl (C=O) groups is 2. The first-order chi connectivity index (χ1) is 11.0. The van der Waals surface area contributed by atoms with Crippen molar-refractivity contribution in [2.45, 2.75) is 6.54 Å². The number of nitrogens with zero attached hydrogens (tertiary/aromatic N) is 1. The summed E-state index contributed by atoms with van der Waals surface area (Å²) in [6, 6.07) is 12.0. The number of hydrogen-bond donors (Lipinski definition) is 1. The number of amides is 2. The van der Waals surface area contributed by atoms with Gasteiger partial charge in [-0.1, -0.05) is 24.3 Å². The minimum atomic E-state index is -0.377. The van der Waals surface area contributed by atoms with Gasteiger partial charge in [0.15, 0.2) is 0 Å². The number of phenols is 1. The SMILES string of the molecule is O=C1S/C(=C\c2ccc(O)cc2)C(=O)N1Cc1ccc(F)cc1. The third kappa shape index (κ3) is 3.43. The van der Waals surface area contributed by atoms with Crippen LogP contribution in [0.25, 0.3) is 6.08 Å². The highest BCUT2D eigenvalue weighted by Gasteiger charge is 2.34. The molecular weight excluding hydrogens is 317 g/mol. The van der Waals surface area contributed by atoms with Crippen LogP contribution in [0.2, 0.25) is 0 Å². The number of halogens is 1. The van der Waals surface area contributed by atoms with Crippen molar-refractivity contribution >= 4 is 29.0 Å². The quantitative estimate of drug-likeness (QED) is 0.871. The molecule has 0 aromatic heterocycles. The molecule has 1 saturated heterocycles. The predicted octanol–water partition coefficient (Wildman–Crippen LogP) is 3.77. The Hall–Kier alpha value is -2.60. The lowest BCUT2D eigenvalue weighted by Crippen LogP contribution is -2.27. The van der Waals surface area contributed by atoms with Crippen molar-refractivity contribution in [3.05, 3.63) is 70.4 Å². The number of phenolic OH excluding ortho intramolecular Hbond substituents is 1. The van der Waals surface area contributed by atoms with Crippen molar-refractivity contribution in [3.63, 3.8) is 0 Å². The van der Waals surface area contributed by atoms with E-state index in [0.29, 0.717) is 10.5 Å². The summed E-state index contributed by atoms with van der Waals surface area (Å²) in [6.07, 6.45) is 1.61. The van der Waals surface area contributed by atoms with Gasteiger partial charge in [0.1, 0.15) is 11.6 Å². The molecule has 3 rings (SSSR count). The fraction of sp³-hybridized carbons (Fsp3) is 0.0588. The van der Waals surface area contributed by atoms with Crippen molar-refractivity contribution < 1.29 is 19.1 Å². The molecule has 6 heteroatoms. The molecule has 0 spiro atoms. The smallest absolute Gasteiger partial charge is 0.293 e. The number of hydrogen-bond acceptors (Lipinski definition) is 4. The number of imide groups is 1. The molecule has 0 bridgehead atoms. The van der Waals surface area contributed by atoms with Crippen molar-refractivity contribution in [2.75, 3.05) is 0 Å². The summed E-state index contributed by atoms with van der Waals surface area (Å²) >= 11 is 0.865. The molecule has 1 aliphatic rings. The van der Waals surface area contributed by atoms with Gasteiger partial charge in [0.05, 0.1) is 11.4 Å². The molecule has 23 heavy (non-hydrogen) atoms. The number of carbonyl (C=O) groups excluding carboxylic acids is 2. The Morgan fingerprint density at radius 2 is 1.70 bits per heavy atom. The van der Waals surface area contributed by atoms with Crippen LogP contribution in [0.5, 0.6) is 5.75 Å². The van der Waals surface area contributed by atoms with Crippen molar-refractivity contribution in [1.82, 2.24) is 4.90 Å². The molecule has 1 fully saturated rings. The van der Waals surface area contributed by atoms with E-state index < -0.39 is 0 Å². The maximum atomic E-state index is 12.9. The van der Waals surface area contributed by atoms with Gasteiger partial charge in [0.2, 0.25) is 0 Å². The largest absolute Gasteiger partial charge is 0.508 e. The zero-order valence-corrected chi connectivity index (χ0v) is 12.7. The molecule has 1 heterocycles. The molecular formula is C17H12FNO3S. The van der Waals surface area contributed by atoms with Gasteiger partial charge in [-0.05, 0) is 53.2 Å². The van der Waals surface area contributed by atoms with E-state index in [4.69, 9.17) is 0 Å². The number of benzene rings is 2. The molecule has 0 saturated carbocycles. The number of aromatic hydroxyl groups is 1. The topological polar surface area (TPSA) is 57.6 Å². The van der Waals surface area contributed by atoms with Crippen LogP contribution < -0.4 is 0 Å². The normalized spacial score (nSPS) is 16.4. The predicted molar refractivity (Wildman–Crippen MR) is 86.0 cm³/mol. The third-order valence-electron chi connectivity index (χ3n) is 3.32. The Bertz CT molecular complexity index is 784. The highest BCUT2D eigenvalue weighted by atomic mass is 32.2. The first kappa shape index (κ1) is 15.3. The minimum Gasteiger partial charge on any atom is -0.508 e. The van der Waals surface area contributed by atoms with E-state index in [1.807, 2.05) is 0 Å². The molecule has 0 unspecified atom stereocenters. The van der Waals surface area contributed by atoms with Gasteiger partial charge in [0.25, 0.3) is 11.1 Å². The van der Waals surface area contributed by atoms with Crippen molar-refractivity contribution in [3.8, 4) is 5.75 Å². The molecule has 0 aliphatic carbocycles. The zero-order chi connectivity index (χ0) is 16.4. The lowest BCUT2D eigenvalue weighted by molar-refractivity contribution is -0.123. The molecule has 2 aromatic rings. The Morgan fingerprint density at radius 3 is 2.35 bits per heavy atom. The van der Waals surface area contributed by atoms with Gasteiger partial charge in [-0.3, -0.25) is 14.5 Å². The van der Waals surface area contributed by atoms with E-state index in [-0.39, 0.29) is 29.3 Å². The third-order valence-corrected chi connectivity index (χ3v) is 4.23. The summed E-state index contributed by atoms with van der Waals surface area (Å²) in [5.74, 6) is -0.612. The summed E-state index contributed by atoms with van der Waals surface area (Å²) in [5.41, 5.74) is 1.40. The average molecular weight is 329 g/mol. The van der Waals surface area contributed by atoms with Crippen LogP contribution in [0, 0.1) is 5.82 Å². The molecule has 116 valence electrons. The second kappa shape index (κ2) is 6.26. The van der Waals surface area contributed by atoms with Gasteiger partial charge in [-0.2, -0.15) is 0 Å². The first-order valence-electron chi connectivity index (χ1n) is 6.82. The summed E-state index contributed by atoms with van der Waals surface area (Å²) in [6.45, 7) is 0.109. The maximum absolute atomic E-state index is 12.9. The Kier molecular flexibility index (Phi) is 4.16. The fourth-order valence-electron chi connectivity index (χ4n) is 2.13. The van der Waals surface area contributed by atoms with E-state index in [9.17, 15) is 19.1 Å². The van der Waals surface area contributed by atoms with Gasteiger partial charge in [-0.25, -0.2) is 4.39 Å². The Labute approximate surface area is 136 Å². The summed E-state index contributed by atoms with van der Waals surface area (Å²) < 4.78 is 12.9. The molecule has 1 N–H and O–H groups in total. The van der Waals surface area contributed by atoms with Crippen LogP contribution in [-0.4, -0.2) is 21.2 Å². The maximum Gasteiger partial charge on any atom is 0.293 e. The Morgan fingerprint density at radius 1 is 1.04 bits per heavy atom. The lowest BCUT2D eigenvalue weighted by Gasteiger charge is -2.12. The monoisotopic (exact) mass is 329 g/mol. The van der Waals surface area contributed by atoms with Gasteiger partial charge in [-0.15, -0.1) is 0 Å². The molecule has 4 nitrogen and oxygen atoms in total. The van der Waals surface area contributed by atoms with Gasteiger partial charge < -0.3 is 5.11 Å². The van der Waals surface area contributed by atoms with Crippen LogP contribution in [-0.2, 0) is 11.3 Å². The van der Waals surface area contributed by atoms with E-state index in [1.54, 1.807) is 30.3 Å². The number of thioether (sulfide) groups is 1. The molecule has 2 aromatic carbocycles. The van der Waals surface area contributed by atoms with E-state index in [2.05, 4.69) is 0 Å². The average Bonchev–Trinajstić information content (AvgIpc) is 2.79. The van der Waals surface area contributed by atoms with Gasteiger partial charge >= 0.3 is 0 Å². The van der Waals surface area contributed by atoms with Crippen LogP contribution in [0.15, 0.2) is 53.4 Å². The molecule has 0 atom stereocenters. The zero-order valence-electron chi connectivity index (χ0n) is 11.9. The summed E-state index contributed by atoms with van der Waals surface area (Å²) in [7, 11) is 0. The first-order valence-corrected chi connectivity index (χ1v) is 7.63. The minimum absolute atomic E-state index is 0.109. The van der Waals surface area contributed by atoms with Crippen molar-refractivity contribution in [2.24, 2.45) is 0 Å². The molecule has 0 radical (unpaired) electrons. The van der Waals surface area contributed by atoms with E-state index in [1.165, 1.54) is 24.3 Å². The summed E-state index contributed by atoms with van der Waals surface area (Å²) in [4.78, 5) is 25.8. The highest BCUT2D eigenvalue weighted by molar-refractivity contribution is 8.18. The van der Waals surface area contributed by atoms with Crippen LogP contribution >= 0.6 is 11.8 Å². The number of rotatable bonds is 3. The second-order valence-corrected chi connectivity index (χ2v) is 5.98. The fourth-order valence-corrected chi connectivity index (χ4v) is 2.97. The molecule has 2 amide bonds. The van der Waals surface area contributed by atoms with Crippen LogP contribution in [0.1, 0.15) is 11.1 Å². The van der Waals surface area contributed by atoms with Crippen LogP contribution in [0.3, 0.4) is 0 Å². The highest BCUT2D eigenvalue weighted by Crippen LogP contribution is 2.33. The van der Waals surface area contributed by atoms with E-state index >= 15 is 0 Å². The standard InChI is InChI=1S/C17H12FNO3S/c18-13-5-1-12(2-6-13)10-19-16(21)15(23-17(19)22)9-11-3-7-14(20)8-4-11/h1-9,20H,10H2/b15-9-. The van der Waals surface area contributed by atoms with Gasteiger partial charge in [0, 0.05) is 0 Å². The Balaban J connectivity index is 1.79. The molecule has 1 aliphatic heterocycles. The van der Waals surface area contributed by atoms with E-state index in [0.717, 1.165) is 22.2 Å². The second-order valence-electron chi connectivity index (χ2n) is 4.99. The lowest BCUT2D eigenvalue weighted by atomic mass is 10.2. The van der Waals surface area contributed by atoms with Crippen molar-refractivity contribution in [1.29, 1.82) is 0 Å².